The van der Waals surface area contributed by atoms with Crippen LogP contribution in [0.1, 0.15) is 26.7 Å². The summed E-state index contributed by atoms with van der Waals surface area (Å²) in [5, 5.41) is 9.11. The Bertz CT molecular complexity index is 463. The first-order valence-electron chi connectivity index (χ1n) is 5.89. The van der Waals surface area contributed by atoms with Gasteiger partial charge in [0.2, 0.25) is 0 Å². The van der Waals surface area contributed by atoms with Crippen molar-refractivity contribution in [2.45, 2.75) is 26.7 Å². The molecule has 1 fully saturated rings. The predicted molar refractivity (Wildman–Crippen MR) is 65.6 cm³/mol. The molecule has 1 amide bonds. The highest BCUT2D eigenvalue weighted by molar-refractivity contribution is 7.87. The molecule has 2 N–H and O–H groups in total. The van der Waals surface area contributed by atoms with Crippen LogP contribution < -0.4 is 4.72 Å². The first kappa shape index (κ1) is 15.7. The summed E-state index contributed by atoms with van der Waals surface area (Å²) in [5.74, 6) is -1.05. The molecule has 0 saturated carbocycles. The second kappa shape index (κ2) is 5.74. The quantitative estimate of drug-likeness (QED) is 0.764. The van der Waals surface area contributed by atoms with Crippen molar-refractivity contribution in [1.82, 2.24) is 9.03 Å². The molecule has 8 nitrogen and oxygen atoms in total. The van der Waals surface area contributed by atoms with Crippen molar-refractivity contribution < 1.29 is 27.9 Å². The molecule has 0 aliphatic carbocycles. The molecule has 1 saturated heterocycles. The molecule has 1 aliphatic heterocycles. The molecule has 0 bridgehead atoms. The fraction of sp³-hybridized carbons (Fsp3) is 0.800. The zero-order valence-corrected chi connectivity index (χ0v) is 11.7. The summed E-state index contributed by atoms with van der Waals surface area (Å²) in [4.78, 5) is 22.3. The zero-order valence-electron chi connectivity index (χ0n) is 10.9. The number of ether oxygens (including phenoxy) is 1. The van der Waals surface area contributed by atoms with Crippen molar-refractivity contribution in [3.8, 4) is 0 Å². The van der Waals surface area contributed by atoms with Gasteiger partial charge in [-0.15, -0.1) is 0 Å². The van der Waals surface area contributed by atoms with Gasteiger partial charge in [-0.1, -0.05) is 0 Å². The van der Waals surface area contributed by atoms with E-state index < -0.39 is 27.7 Å². The zero-order chi connectivity index (χ0) is 14.7. The minimum Gasteiger partial charge on any atom is -0.481 e. The number of rotatable bonds is 4. The number of carbonyl (C=O) groups excluding carboxylic acids is 1. The van der Waals surface area contributed by atoms with Gasteiger partial charge < -0.3 is 9.84 Å². The fourth-order valence-corrected chi connectivity index (χ4v) is 3.13. The highest BCUT2D eigenvalue weighted by atomic mass is 32.2. The Morgan fingerprint density at radius 2 is 2.11 bits per heavy atom. The molecule has 1 atom stereocenters. The molecule has 1 heterocycles. The van der Waals surface area contributed by atoms with Crippen LogP contribution in [0.15, 0.2) is 0 Å². The van der Waals surface area contributed by atoms with E-state index in [1.807, 2.05) is 0 Å². The van der Waals surface area contributed by atoms with Crippen LogP contribution in [0.5, 0.6) is 0 Å². The number of amides is 1. The van der Waals surface area contributed by atoms with E-state index >= 15 is 0 Å². The van der Waals surface area contributed by atoms with Crippen molar-refractivity contribution in [3.63, 3.8) is 0 Å². The third-order valence-electron chi connectivity index (χ3n) is 3.01. The number of piperidine rings is 1. The summed E-state index contributed by atoms with van der Waals surface area (Å²) in [7, 11) is -4.06. The molecule has 0 radical (unpaired) electrons. The largest absolute Gasteiger partial charge is 0.481 e. The first-order chi connectivity index (χ1) is 8.71. The highest BCUT2D eigenvalue weighted by Gasteiger charge is 2.42. The van der Waals surface area contributed by atoms with Crippen LogP contribution in [0.25, 0.3) is 0 Å². The number of carboxylic acids is 1. The smallest absolute Gasteiger partial charge is 0.421 e. The van der Waals surface area contributed by atoms with E-state index in [1.165, 1.54) is 6.92 Å². The lowest BCUT2D eigenvalue weighted by atomic mass is 9.83. The second-order valence-electron chi connectivity index (χ2n) is 4.63. The highest BCUT2D eigenvalue weighted by Crippen LogP contribution is 2.30. The Balaban J connectivity index is 2.79. The van der Waals surface area contributed by atoms with Gasteiger partial charge >= 0.3 is 22.3 Å². The van der Waals surface area contributed by atoms with E-state index in [9.17, 15) is 18.0 Å². The maximum absolute atomic E-state index is 11.9. The topological polar surface area (TPSA) is 113 Å². The summed E-state index contributed by atoms with van der Waals surface area (Å²) >= 11 is 0. The van der Waals surface area contributed by atoms with Crippen molar-refractivity contribution in [1.29, 1.82) is 0 Å². The summed E-state index contributed by atoms with van der Waals surface area (Å²) in [6, 6.07) is 0. The molecule has 0 aromatic heterocycles. The third-order valence-corrected chi connectivity index (χ3v) is 4.42. The lowest BCUT2D eigenvalue weighted by Crippen LogP contribution is -2.52. The number of hydrogen-bond donors (Lipinski definition) is 2. The maximum atomic E-state index is 11.9. The van der Waals surface area contributed by atoms with Crippen molar-refractivity contribution in [3.05, 3.63) is 0 Å². The van der Waals surface area contributed by atoms with Gasteiger partial charge in [-0.25, -0.2) is 9.52 Å². The summed E-state index contributed by atoms with van der Waals surface area (Å²) in [5.41, 5.74) is -1.14. The van der Waals surface area contributed by atoms with Gasteiger partial charge in [-0.2, -0.15) is 12.7 Å². The van der Waals surface area contributed by atoms with E-state index in [0.717, 1.165) is 4.31 Å². The minimum atomic E-state index is -4.06. The monoisotopic (exact) mass is 294 g/mol. The lowest BCUT2D eigenvalue weighted by molar-refractivity contribution is -0.150. The van der Waals surface area contributed by atoms with Crippen LogP contribution in [-0.2, 0) is 19.7 Å². The van der Waals surface area contributed by atoms with Crippen LogP contribution in [0.2, 0.25) is 0 Å². The van der Waals surface area contributed by atoms with Crippen molar-refractivity contribution >= 4 is 22.3 Å². The van der Waals surface area contributed by atoms with Crippen molar-refractivity contribution in [2.75, 3.05) is 19.7 Å². The fourth-order valence-electron chi connectivity index (χ4n) is 1.90. The average molecular weight is 294 g/mol. The van der Waals surface area contributed by atoms with Crippen LogP contribution in [0.3, 0.4) is 0 Å². The summed E-state index contributed by atoms with van der Waals surface area (Å²) in [6.07, 6.45) is -0.245. The second-order valence-corrected chi connectivity index (χ2v) is 6.30. The van der Waals surface area contributed by atoms with Gasteiger partial charge in [-0.05, 0) is 26.7 Å². The van der Waals surface area contributed by atoms with Crippen LogP contribution in [0, 0.1) is 5.41 Å². The molecule has 110 valence electrons. The number of nitrogens with zero attached hydrogens (tertiary/aromatic N) is 1. The van der Waals surface area contributed by atoms with E-state index in [4.69, 9.17) is 5.11 Å². The third kappa shape index (κ3) is 3.80. The molecule has 19 heavy (non-hydrogen) atoms. The molecule has 0 aromatic carbocycles. The average Bonchev–Trinajstić information content (AvgIpc) is 2.28. The van der Waals surface area contributed by atoms with Gasteiger partial charge in [0, 0.05) is 13.1 Å². The Morgan fingerprint density at radius 3 is 2.63 bits per heavy atom. The van der Waals surface area contributed by atoms with Crippen LogP contribution in [-0.4, -0.2) is 49.6 Å². The SMILES string of the molecule is CCOC(=O)NS(=O)(=O)N1CCCC(C)(C(=O)O)C1. The summed E-state index contributed by atoms with van der Waals surface area (Å²) in [6.45, 7) is 3.10. The normalized spacial score (nSPS) is 24.7. The maximum Gasteiger partial charge on any atom is 0.421 e. The Labute approximate surface area is 111 Å². The number of aliphatic carboxylic acids is 1. The number of carboxylic acid groups (broad SMARTS) is 1. The van der Waals surface area contributed by atoms with E-state index in [2.05, 4.69) is 4.74 Å². The van der Waals surface area contributed by atoms with Crippen LogP contribution >= 0.6 is 0 Å². The number of nitrogens with one attached hydrogen (secondary N) is 1. The van der Waals surface area contributed by atoms with Crippen molar-refractivity contribution in [2.24, 2.45) is 5.41 Å². The summed E-state index contributed by atoms with van der Waals surface area (Å²) < 4.78 is 31.0. The lowest BCUT2D eigenvalue weighted by Gasteiger charge is -2.36. The van der Waals surface area contributed by atoms with E-state index in [1.54, 1.807) is 11.6 Å². The van der Waals surface area contributed by atoms with E-state index in [-0.39, 0.29) is 19.7 Å². The number of carbonyl (C=O) groups is 2. The van der Waals surface area contributed by atoms with Gasteiger partial charge in [0.15, 0.2) is 0 Å². The molecule has 9 heteroatoms. The Kier molecular flexibility index (Phi) is 4.75. The molecule has 1 unspecified atom stereocenters. The minimum absolute atomic E-state index is 0.0498. The Hall–Kier alpha value is -1.35. The molecular formula is C10H18N2O6S. The van der Waals surface area contributed by atoms with E-state index in [0.29, 0.717) is 12.8 Å². The van der Waals surface area contributed by atoms with Gasteiger partial charge in [0.1, 0.15) is 0 Å². The van der Waals surface area contributed by atoms with Crippen LogP contribution in [0.4, 0.5) is 4.79 Å². The first-order valence-corrected chi connectivity index (χ1v) is 7.33. The molecular weight excluding hydrogens is 276 g/mol. The standard InChI is InChI=1S/C10H18N2O6S/c1-3-18-9(15)11-19(16,17)12-6-4-5-10(2,7-12)8(13)14/h3-7H2,1-2H3,(H,11,15)(H,13,14). The predicted octanol–water partition coefficient (Wildman–Crippen LogP) is 0.164. The number of hydrogen-bond acceptors (Lipinski definition) is 5. The Morgan fingerprint density at radius 1 is 1.47 bits per heavy atom. The van der Waals surface area contributed by atoms with Gasteiger partial charge in [0.25, 0.3) is 0 Å². The molecule has 1 aliphatic rings. The molecule has 0 spiro atoms. The molecule has 1 rings (SSSR count). The van der Waals surface area contributed by atoms with Gasteiger partial charge in [0.05, 0.1) is 12.0 Å². The molecule has 0 aromatic rings. The van der Waals surface area contributed by atoms with Gasteiger partial charge in [-0.3, -0.25) is 4.79 Å².